The summed E-state index contributed by atoms with van der Waals surface area (Å²) in [5.74, 6) is 6.87. The van der Waals surface area contributed by atoms with Gasteiger partial charge >= 0.3 is 0 Å². The van der Waals surface area contributed by atoms with Crippen molar-refractivity contribution in [2.24, 2.45) is 17.7 Å². The molecule has 2 N–H and O–H groups in total. The Morgan fingerprint density at radius 2 is 2.21 bits per heavy atom. The topological polar surface area (TPSA) is 47.7 Å². The van der Waals surface area contributed by atoms with Crippen molar-refractivity contribution in [3.63, 3.8) is 0 Å². The molecule has 1 saturated carbocycles. The van der Waals surface area contributed by atoms with Crippen LogP contribution in [0.5, 0.6) is 0 Å². The minimum Gasteiger partial charge on any atom is -0.321 e. The zero-order chi connectivity index (χ0) is 9.54. The summed E-state index contributed by atoms with van der Waals surface area (Å²) in [5.41, 5.74) is 0. The molecule has 0 aromatic heterocycles. The monoisotopic (exact) mass is 216 g/mol. The van der Waals surface area contributed by atoms with E-state index in [2.05, 4.69) is 4.67 Å². The number of hydrogen-bond acceptors (Lipinski definition) is 4. The summed E-state index contributed by atoms with van der Waals surface area (Å²) in [4.78, 5) is 0. The van der Waals surface area contributed by atoms with E-state index in [1.54, 1.807) is 0 Å². The van der Waals surface area contributed by atoms with Crippen LogP contribution < -0.4 is 5.90 Å². The molecule has 5 atom stereocenters. The fraction of sp³-hybridized carbons (Fsp3) is 1.00. The van der Waals surface area contributed by atoms with Crippen molar-refractivity contribution in [1.82, 2.24) is 4.67 Å². The van der Waals surface area contributed by atoms with Gasteiger partial charge in [0.15, 0.2) is 0 Å². The van der Waals surface area contributed by atoms with Crippen LogP contribution in [0, 0.1) is 11.8 Å². The maximum atomic E-state index is 5.65. The van der Waals surface area contributed by atoms with Gasteiger partial charge in [0, 0.05) is 18.5 Å². The summed E-state index contributed by atoms with van der Waals surface area (Å²) in [6.07, 6.45) is 5.45. The Morgan fingerprint density at radius 3 is 3.07 bits per heavy atom. The van der Waals surface area contributed by atoms with Crippen molar-refractivity contribution in [1.29, 1.82) is 0 Å². The third kappa shape index (κ3) is 1.33. The molecule has 0 radical (unpaired) electrons. The van der Waals surface area contributed by atoms with Crippen molar-refractivity contribution in [3.05, 3.63) is 0 Å². The van der Waals surface area contributed by atoms with Gasteiger partial charge in [-0.15, -0.1) is 0 Å². The molecule has 2 saturated heterocycles. The van der Waals surface area contributed by atoms with Gasteiger partial charge in [0.2, 0.25) is 0 Å². The van der Waals surface area contributed by atoms with Crippen LogP contribution in [0.25, 0.3) is 0 Å². The van der Waals surface area contributed by atoms with Gasteiger partial charge in [-0.25, -0.2) is 15.2 Å². The predicted octanol–water partition coefficient (Wildman–Crippen LogP) is 1.62. The highest BCUT2D eigenvalue weighted by molar-refractivity contribution is 7.44. The van der Waals surface area contributed by atoms with E-state index in [4.69, 9.17) is 15.0 Å². The Kier molecular flexibility index (Phi) is 2.50. The van der Waals surface area contributed by atoms with Crippen LogP contribution >= 0.6 is 8.53 Å². The lowest BCUT2D eigenvalue weighted by atomic mass is 9.80. The van der Waals surface area contributed by atoms with E-state index < -0.39 is 8.53 Å². The number of fused-ring (bicyclic) bond motifs is 5. The molecule has 0 amide bonds. The first-order valence-corrected chi connectivity index (χ1v) is 6.59. The number of nitrogens with two attached hydrogens (primary N) is 1. The van der Waals surface area contributed by atoms with Gasteiger partial charge in [-0.2, -0.15) is 0 Å². The highest BCUT2D eigenvalue weighted by Gasteiger charge is 2.49. The smallest absolute Gasteiger partial charge is 0.276 e. The second kappa shape index (κ2) is 3.69. The van der Waals surface area contributed by atoms with Crippen molar-refractivity contribution < 1.29 is 9.15 Å². The summed E-state index contributed by atoms with van der Waals surface area (Å²) in [5, 5.41) is 0. The molecule has 14 heavy (non-hydrogen) atoms. The summed E-state index contributed by atoms with van der Waals surface area (Å²) >= 11 is 0. The average Bonchev–Trinajstić information content (AvgIpc) is 2.55. The molecule has 80 valence electrons. The Hall–Kier alpha value is 0.270. The van der Waals surface area contributed by atoms with E-state index in [0.29, 0.717) is 6.04 Å². The molecule has 3 aliphatic rings. The van der Waals surface area contributed by atoms with Gasteiger partial charge in [0.25, 0.3) is 8.53 Å². The molecule has 4 nitrogen and oxygen atoms in total. The minimum absolute atomic E-state index is 0.700. The quantitative estimate of drug-likeness (QED) is 0.534. The number of hydrogen-bond donors (Lipinski definition) is 1. The second-order valence-electron chi connectivity index (χ2n) is 4.54. The second-order valence-corrected chi connectivity index (χ2v) is 6.00. The van der Waals surface area contributed by atoms with Crippen LogP contribution in [0.3, 0.4) is 0 Å². The molecular weight excluding hydrogens is 199 g/mol. The van der Waals surface area contributed by atoms with Gasteiger partial charge in [0.05, 0.1) is 6.61 Å². The zero-order valence-electron chi connectivity index (χ0n) is 8.26. The van der Waals surface area contributed by atoms with Crippen LogP contribution in [-0.2, 0) is 9.15 Å². The normalized spacial score (nSPS) is 51.6. The van der Waals surface area contributed by atoms with E-state index in [0.717, 1.165) is 25.0 Å². The molecule has 5 heteroatoms. The highest BCUT2D eigenvalue weighted by atomic mass is 31.2. The Bertz CT molecular complexity index is 229. The van der Waals surface area contributed by atoms with Gasteiger partial charge in [-0.05, 0) is 18.8 Å². The highest BCUT2D eigenvalue weighted by Crippen LogP contribution is 2.56. The first-order valence-electron chi connectivity index (χ1n) is 5.46. The molecule has 3 rings (SSSR count). The Labute approximate surface area is 85.7 Å². The van der Waals surface area contributed by atoms with Gasteiger partial charge in [0.1, 0.15) is 0 Å². The molecule has 2 aliphatic heterocycles. The predicted molar refractivity (Wildman–Crippen MR) is 54.1 cm³/mol. The van der Waals surface area contributed by atoms with Gasteiger partial charge in [-0.3, -0.25) is 0 Å². The number of nitrogens with zero attached hydrogens (tertiary/aromatic N) is 1. The van der Waals surface area contributed by atoms with Crippen molar-refractivity contribution in [3.8, 4) is 0 Å². The molecule has 1 aliphatic carbocycles. The molecule has 2 heterocycles. The molecule has 0 aromatic rings. The van der Waals surface area contributed by atoms with Crippen molar-refractivity contribution in [2.45, 2.75) is 31.7 Å². The van der Waals surface area contributed by atoms with E-state index in [-0.39, 0.29) is 0 Å². The molecule has 4 unspecified atom stereocenters. The lowest BCUT2D eigenvalue weighted by Crippen LogP contribution is -2.32. The van der Waals surface area contributed by atoms with E-state index >= 15 is 0 Å². The minimum atomic E-state index is -0.924. The third-order valence-corrected chi connectivity index (χ3v) is 5.32. The van der Waals surface area contributed by atoms with Crippen LogP contribution in [0.1, 0.15) is 25.7 Å². The van der Waals surface area contributed by atoms with Crippen LogP contribution in [0.4, 0.5) is 0 Å². The van der Waals surface area contributed by atoms with E-state index in [1.165, 1.54) is 25.7 Å². The molecular formula is C9H17N2O2P. The molecule has 0 aromatic carbocycles. The number of rotatable bonds is 1. The maximum Gasteiger partial charge on any atom is 0.276 e. The van der Waals surface area contributed by atoms with Crippen molar-refractivity contribution in [2.75, 3.05) is 13.2 Å². The van der Waals surface area contributed by atoms with Crippen LogP contribution in [0.2, 0.25) is 0 Å². The largest absolute Gasteiger partial charge is 0.321 e. The first-order chi connectivity index (χ1) is 6.90. The summed E-state index contributed by atoms with van der Waals surface area (Å²) in [6, 6.07) is 0.700. The zero-order valence-corrected chi connectivity index (χ0v) is 9.16. The van der Waals surface area contributed by atoms with Gasteiger partial charge in [-0.1, -0.05) is 12.8 Å². The molecule has 3 fully saturated rings. The molecule has 2 bridgehead atoms. The summed E-state index contributed by atoms with van der Waals surface area (Å²) in [6.45, 7) is 2.01. The lowest BCUT2D eigenvalue weighted by molar-refractivity contribution is 0.157. The third-order valence-electron chi connectivity index (χ3n) is 3.89. The van der Waals surface area contributed by atoms with Crippen LogP contribution in [-0.4, -0.2) is 23.9 Å². The van der Waals surface area contributed by atoms with E-state index in [1.807, 2.05) is 0 Å². The average molecular weight is 216 g/mol. The fourth-order valence-corrected chi connectivity index (χ4v) is 4.78. The van der Waals surface area contributed by atoms with Crippen molar-refractivity contribution >= 4 is 8.53 Å². The first kappa shape index (κ1) is 9.49. The lowest BCUT2D eigenvalue weighted by Gasteiger charge is -2.32. The van der Waals surface area contributed by atoms with Gasteiger partial charge < -0.3 is 4.52 Å². The Morgan fingerprint density at radius 1 is 1.36 bits per heavy atom. The standard InChI is InChI=1S/C9H17N2O2P/c10-13-14-11-5-7(6-12-14)8-3-1-2-4-9(8)11/h7-9H,1-6,10H2/t7-,8?,9?,14?/m1/s1. The SMILES string of the molecule is NOP1OC[C@H]2CN1C1CCCCC12. The fourth-order valence-electron chi connectivity index (χ4n) is 3.26. The summed E-state index contributed by atoms with van der Waals surface area (Å²) in [7, 11) is -0.924. The Balaban J connectivity index is 1.81. The summed E-state index contributed by atoms with van der Waals surface area (Å²) < 4.78 is 13.0. The van der Waals surface area contributed by atoms with E-state index in [9.17, 15) is 0 Å². The maximum absolute atomic E-state index is 5.65. The molecule has 0 spiro atoms. The van der Waals surface area contributed by atoms with Crippen LogP contribution in [0.15, 0.2) is 0 Å².